The maximum absolute atomic E-state index is 16.0. The molecule has 3 heterocycles. The number of halogens is 5. The highest BCUT2D eigenvalue weighted by molar-refractivity contribution is 7.89. The molecule has 0 bridgehead atoms. The number of alkyl halides is 3. The average Bonchev–Trinajstić information content (AvgIpc) is 3.49. The number of aryl methyl sites for hydroxylation is 1. The predicted octanol–water partition coefficient (Wildman–Crippen LogP) is 6.95. The van der Waals surface area contributed by atoms with Crippen LogP contribution in [0.4, 0.5) is 17.6 Å². The van der Waals surface area contributed by atoms with Crippen LogP contribution in [0, 0.1) is 17.2 Å². The van der Waals surface area contributed by atoms with Crippen molar-refractivity contribution in [3.8, 4) is 0 Å². The first-order chi connectivity index (χ1) is 20.5. The molecular weight excluding hydrogens is 644 g/mol. The van der Waals surface area contributed by atoms with E-state index in [0.29, 0.717) is 34.1 Å². The van der Waals surface area contributed by atoms with Crippen LogP contribution < -0.4 is 0 Å². The van der Waals surface area contributed by atoms with Gasteiger partial charge in [-0.25, -0.2) is 17.5 Å². The molecule has 236 valence electrons. The summed E-state index contributed by atoms with van der Waals surface area (Å²) in [5, 5.41) is 18.1. The predicted molar refractivity (Wildman–Crippen MR) is 158 cm³/mol. The van der Waals surface area contributed by atoms with Crippen LogP contribution in [0.3, 0.4) is 0 Å². The van der Waals surface area contributed by atoms with Crippen molar-refractivity contribution in [2.24, 2.45) is 11.3 Å². The van der Waals surface area contributed by atoms with Crippen molar-refractivity contribution in [2.45, 2.75) is 64.2 Å². The van der Waals surface area contributed by atoms with Gasteiger partial charge >= 0.3 is 12.1 Å². The van der Waals surface area contributed by atoms with Gasteiger partial charge < -0.3 is 5.11 Å². The van der Waals surface area contributed by atoms with E-state index in [1.54, 1.807) is 19.1 Å². The maximum atomic E-state index is 16.0. The summed E-state index contributed by atoms with van der Waals surface area (Å²) in [6.45, 7) is 6.72. The van der Waals surface area contributed by atoms with Gasteiger partial charge in [0.15, 0.2) is 5.82 Å². The molecule has 0 fully saturated rings. The SMILES string of the molecule is CCn1nnc2c(F)c([C@@H](c3cc(CN4C[C@@H](C)Cc5ccc(C(F)(F)F)cc5S4(=O)=O)c(Cl)s3)C(C)(C)C(=O)O)ccc21. The van der Waals surface area contributed by atoms with Crippen molar-refractivity contribution in [2.75, 3.05) is 6.54 Å². The van der Waals surface area contributed by atoms with Gasteiger partial charge in [-0.15, -0.1) is 16.4 Å². The summed E-state index contributed by atoms with van der Waals surface area (Å²) in [5.41, 5.74) is -1.51. The van der Waals surface area contributed by atoms with E-state index in [1.807, 2.05) is 6.92 Å². The number of nitrogens with zero attached hydrogens (tertiary/aromatic N) is 4. The van der Waals surface area contributed by atoms with Crippen molar-refractivity contribution < 1.29 is 35.9 Å². The maximum Gasteiger partial charge on any atom is 0.416 e. The molecule has 0 spiro atoms. The zero-order valence-corrected chi connectivity index (χ0v) is 26.5. The number of fused-ring (bicyclic) bond motifs is 2. The van der Waals surface area contributed by atoms with Crippen molar-refractivity contribution in [3.05, 3.63) is 73.7 Å². The van der Waals surface area contributed by atoms with Gasteiger partial charge in [0.1, 0.15) is 5.52 Å². The van der Waals surface area contributed by atoms with Crippen LogP contribution in [0.25, 0.3) is 11.0 Å². The van der Waals surface area contributed by atoms with E-state index in [-0.39, 0.29) is 40.8 Å². The number of aliphatic carboxylic acids is 1. The number of hydrogen-bond donors (Lipinski definition) is 1. The first-order valence-corrected chi connectivity index (χ1v) is 16.3. The van der Waals surface area contributed by atoms with Crippen LogP contribution in [0.15, 0.2) is 41.3 Å². The highest BCUT2D eigenvalue weighted by atomic mass is 35.5. The zero-order chi connectivity index (χ0) is 32.4. The quantitative estimate of drug-likeness (QED) is 0.213. The third-order valence-corrected chi connectivity index (χ3v) is 11.4. The minimum Gasteiger partial charge on any atom is -0.481 e. The van der Waals surface area contributed by atoms with E-state index in [0.717, 1.165) is 21.7 Å². The molecule has 2 aromatic carbocycles. The first-order valence-electron chi connectivity index (χ1n) is 13.7. The molecule has 15 heteroatoms. The normalized spacial score (nSPS) is 18.2. The third-order valence-electron chi connectivity index (χ3n) is 8.04. The first kappa shape index (κ1) is 32.3. The lowest BCUT2D eigenvalue weighted by Gasteiger charge is -2.30. The second-order valence-electron chi connectivity index (χ2n) is 11.6. The molecule has 1 aliphatic heterocycles. The Bertz CT molecular complexity index is 1870. The molecule has 0 radical (unpaired) electrons. The fraction of sp³-hybridized carbons (Fsp3) is 0.414. The summed E-state index contributed by atoms with van der Waals surface area (Å²) in [5.74, 6) is -3.21. The Morgan fingerprint density at radius 1 is 1.20 bits per heavy atom. The Morgan fingerprint density at radius 2 is 1.91 bits per heavy atom. The summed E-state index contributed by atoms with van der Waals surface area (Å²) in [7, 11) is -4.38. The summed E-state index contributed by atoms with van der Waals surface area (Å²) in [6.07, 6.45) is -4.47. The van der Waals surface area contributed by atoms with E-state index < -0.39 is 49.8 Å². The largest absolute Gasteiger partial charge is 0.481 e. The Hall–Kier alpha value is -3.07. The van der Waals surface area contributed by atoms with Crippen molar-refractivity contribution in [1.29, 1.82) is 0 Å². The van der Waals surface area contributed by atoms with Crippen LogP contribution >= 0.6 is 22.9 Å². The van der Waals surface area contributed by atoms with Gasteiger partial charge in [0.25, 0.3) is 0 Å². The summed E-state index contributed by atoms with van der Waals surface area (Å²) >= 11 is 7.61. The fourth-order valence-electron chi connectivity index (χ4n) is 5.68. The van der Waals surface area contributed by atoms with E-state index in [4.69, 9.17) is 11.6 Å². The van der Waals surface area contributed by atoms with E-state index in [1.165, 1.54) is 30.7 Å². The molecule has 2 aromatic heterocycles. The van der Waals surface area contributed by atoms with Gasteiger partial charge in [-0.05, 0) is 74.1 Å². The molecule has 5 rings (SSSR count). The monoisotopic (exact) mass is 672 g/mol. The van der Waals surface area contributed by atoms with Crippen LogP contribution in [0.1, 0.15) is 60.7 Å². The smallest absolute Gasteiger partial charge is 0.416 e. The van der Waals surface area contributed by atoms with Crippen LogP contribution in [-0.4, -0.2) is 45.3 Å². The number of benzene rings is 2. The molecule has 44 heavy (non-hydrogen) atoms. The van der Waals surface area contributed by atoms with Crippen molar-refractivity contribution in [3.63, 3.8) is 0 Å². The number of rotatable bonds is 7. The standard InChI is InChI=1S/C29H29ClF4N4O4S2/c1-5-38-20-9-8-19(24(31)25(20)35-36-38)23(28(3,4)27(39)40)21-11-17(26(30)43-21)14-37-13-15(2)10-16-6-7-18(29(32,33)34)12-22(16)44(37,41)42/h6-9,11-12,15,23H,5,10,13-14H2,1-4H3,(H,39,40)/t15-,23-/m0/s1. The number of carbonyl (C=O) groups is 1. The van der Waals surface area contributed by atoms with Gasteiger partial charge in [0.05, 0.1) is 25.7 Å². The number of thiophene rings is 1. The minimum absolute atomic E-state index is 0.0139. The minimum atomic E-state index is -4.73. The summed E-state index contributed by atoms with van der Waals surface area (Å²) < 4.78 is 86.7. The third kappa shape index (κ3) is 5.61. The Balaban J connectivity index is 1.58. The molecule has 0 unspecified atom stereocenters. The molecule has 4 aromatic rings. The number of carboxylic acid groups (broad SMARTS) is 1. The molecule has 0 amide bonds. The Labute approximate surface area is 260 Å². The van der Waals surface area contributed by atoms with E-state index >= 15 is 4.39 Å². The van der Waals surface area contributed by atoms with Gasteiger partial charge in [0.2, 0.25) is 10.0 Å². The molecule has 8 nitrogen and oxygen atoms in total. The molecular formula is C29H29ClF4N4O4S2. The van der Waals surface area contributed by atoms with Crippen LogP contribution in [0.2, 0.25) is 4.34 Å². The molecule has 0 saturated heterocycles. The van der Waals surface area contributed by atoms with Gasteiger partial charge in [-0.2, -0.15) is 17.5 Å². The molecule has 1 N–H and O–H groups in total. The molecule has 2 atom stereocenters. The second kappa shape index (κ2) is 11.4. The lowest BCUT2D eigenvalue weighted by Crippen LogP contribution is -2.33. The Kier molecular flexibility index (Phi) is 8.36. The number of hydrogen-bond acceptors (Lipinski definition) is 6. The van der Waals surface area contributed by atoms with Gasteiger partial charge in [-0.3, -0.25) is 4.79 Å². The topological polar surface area (TPSA) is 105 Å². The van der Waals surface area contributed by atoms with Gasteiger partial charge in [-0.1, -0.05) is 35.9 Å². The molecule has 0 aliphatic carbocycles. The number of aromatic nitrogens is 3. The van der Waals surface area contributed by atoms with Crippen molar-refractivity contribution >= 4 is 50.0 Å². The van der Waals surface area contributed by atoms with E-state index in [2.05, 4.69) is 10.3 Å². The highest BCUT2D eigenvalue weighted by Gasteiger charge is 2.43. The van der Waals surface area contributed by atoms with Crippen LogP contribution in [0.5, 0.6) is 0 Å². The van der Waals surface area contributed by atoms with Crippen LogP contribution in [-0.2, 0) is 40.5 Å². The summed E-state index contributed by atoms with van der Waals surface area (Å²) in [4.78, 5) is 12.4. The average molecular weight is 673 g/mol. The lowest BCUT2D eigenvalue weighted by molar-refractivity contribution is -0.147. The molecule has 1 aliphatic rings. The second-order valence-corrected chi connectivity index (χ2v) is 15.2. The highest BCUT2D eigenvalue weighted by Crippen LogP contribution is 2.48. The summed E-state index contributed by atoms with van der Waals surface area (Å²) in [6, 6.07) is 7.40. The Morgan fingerprint density at radius 3 is 2.55 bits per heavy atom. The van der Waals surface area contributed by atoms with Gasteiger partial charge in [0, 0.05) is 30.4 Å². The zero-order valence-electron chi connectivity index (χ0n) is 24.1. The lowest BCUT2D eigenvalue weighted by atomic mass is 9.73. The number of carboxylic acids is 1. The van der Waals surface area contributed by atoms with Crippen molar-refractivity contribution in [1.82, 2.24) is 19.3 Å². The fourth-order valence-corrected chi connectivity index (χ4v) is 9.06. The van der Waals surface area contributed by atoms with E-state index in [9.17, 15) is 31.5 Å². The number of sulfonamides is 1. The molecule has 0 saturated carbocycles.